The first-order valence-electron chi connectivity index (χ1n) is 10.6. The van der Waals surface area contributed by atoms with E-state index in [0.29, 0.717) is 27.1 Å². The van der Waals surface area contributed by atoms with Gasteiger partial charge in [-0.15, -0.1) is 0 Å². The van der Waals surface area contributed by atoms with Crippen molar-refractivity contribution in [2.75, 3.05) is 0 Å². The molecule has 2 unspecified atom stereocenters. The topological polar surface area (TPSA) is 83.3 Å². The van der Waals surface area contributed by atoms with Gasteiger partial charge in [-0.2, -0.15) is 0 Å². The van der Waals surface area contributed by atoms with Crippen molar-refractivity contribution in [1.82, 2.24) is 5.32 Å². The quantitative estimate of drug-likeness (QED) is 0.492. The van der Waals surface area contributed by atoms with Crippen molar-refractivity contribution in [1.29, 1.82) is 0 Å². The van der Waals surface area contributed by atoms with Crippen molar-refractivity contribution in [2.45, 2.75) is 19.1 Å². The zero-order chi connectivity index (χ0) is 23.8. The molecule has 34 heavy (non-hydrogen) atoms. The van der Waals surface area contributed by atoms with E-state index in [4.69, 9.17) is 32.9 Å². The lowest BCUT2D eigenvalue weighted by Crippen LogP contribution is -2.37. The smallest absolute Gasteiger partial charge is 0.336 e. The zero-order valence-electron chi connectivity index (χ0n) is 18.0. The number of amidine groups is 1. The van der Waals surface area contributed by atoms with Gasteiger partial charge in [0, 0.05) is 16.1 Å². The van der Waals surface area contributed by atoms with Gasteiger partial charge in [-0.3, -0.25) is 4.99 Å². The average Bonchev–Trinajstić information content (AvgIpc) is 3.21. The summed E-state index contributed by atoms with van der Waals surface area (Å²) in [5.41, 5.74) is 4.29. The summed E-state index contributed by atoms with van der Waals surface area (Å²) < 4.78 is 5.79. The summed E-state index contributed by atoms with van der Waals surface area (Å²) in [6, 6.07) is 20.4. The van der Waals surface area contributed by atoms with E-state index in [1.165, 1.54) is 6.07 Å². The van der Waals surface area contributed by atoms with Crippen molar-refractivity contribution >= 4 is 40.9 Å². The molecule has 8 heteroatoms. The van der Waals surface area contributed by atoms with Gasteiger partial charge in [0.25, 0.3) is 6.02 Å². The van der Waals surface area contributed by atoms with Crippen molar-refractivity contribution < 1.29 is 14.6 Å². The number of hydrogen-bond donors (Lipinski definition) is 2. The Morgan fingerprint density at radius 3 is 2.47 bits per heavy atom. The van der Waals surface area contributed by atoms with Gasteiger partial charge in [0.15, 0.2) is 6.17 Å². The third-order valence-electron chi connectivity index (χ3n) is 5.67. The summed E-state index contributed by atoms with van der Waals surface area (Å²) in [4.78, 5) is 20.6. The molecule has 6 nitrogen and oxygen atoms in total. The fourth-order valence-corrected chi connectivity index (χ4v) is 4.44. The number of carboxylic acids is 1. The van der Waals surface area contributed by atoms with E-state index in [9.17, 15) is 9.90 Å². The lowest BCUT2D eigenvalue weighted by Gasteiger charge is -2.19. The summed E-state index contributed by atoms with van der Waals surface area (Å²) >= 11 is 12.9. The Morgan fingerprint density at radius 2 is 1.74 bits per heavy atom. The van der Waals surface area contributed by atoms with Crippen molar-refractivity contribution in [3.63, 3.8) is 0 Å². The number of hydrogen-bond acceptors (Lipinski definition) is 5. The van der Waals surface area contributed by atoms with Crippen LogP contribution in [0.4, 0.5) is 0 Å². The Balaban J connectivity index is 1.37. The van der Waals surface area contributed by atoms with Crippen molar-refractivity contribution in [3.05, 3.63) is 99.6 Å². The number of carboxylic acid groups (broad SMARTS) is 1. The lowest BCUT2D eigenvalue weighted by molar-refractivity contribution is 0.0695. The molecule has 170 valence electrons. The number of rotatable bonds is 4. The molecule has 2 aliphatic rings. The predicted octanol–water partition coefficient (Wildman–Crippen LogP) is 5.67. The Morgan fingerprint density at radius 1 is 1.00 bits per heavy atom. The van der Waals surface area contributed by atoms with E-state index >= 15 is 0 Å². The van der Waals surface area contributed by atoms with Crippen molar-refractivity contribution in [3.8, 4) is 16.9 Å². The minimum atomic E-state index is -1.01. The first-order chi connectivity index (χ1) is 16.4. The van der Waals surface area contributed by atoms with Gasteiger partial charge in [-0.05, 0) is 42.3 Å². The predicted molar refractivity (Wildman–Crippen MR) is 134 cm³/mol. The maximum atomic E-state index is 11.4. The van der Waals surface area contributed by atoms with Crippen LogP contribution in [0.2, 0.25) is 5.02 Å². The van der Waals surface area contributed by atoms with E-state index in [-0.39, 0.29) is 17.6 Å². The maximum Gasteiger partial charge on any atom is 0.336 e. The molecule has 0 saturated heterocycles. The zero-order valence-corrected chi connectivity index (χ0v) is 19.5. The number of aryl methyl sites for hydroxylation is 1. The Kier molecular flexibility index (Phi) is 5.86. The Bertz CT molecular complexity index is 1380. The first kappa shape index (κ1) is 22.2. The number of nitrogens with one attached hydrogen (secondary N) is 1. The second kappa shape index (κ2) is 8.97. The highest BCUT2D eigenvalue weighted by Crippen LogP contribution is 2.30. The highest BCUT2D eigenvalue weighted by molar-refractivity contribution is 6.46. The van der Waals surface area contributed by atoms with E-state index in [1.807, 2.05) is 54.6 Å². The van der Waals surface area contributed by atoms with Crippen LogP contribution in [0.1, 0.15) is 21.5 Å². The number of benzene rings is 3. The number of aromatic carboxylic acids is 1. The molecule has 3 aromatic rings. The third-order valence-corrected chi connectivity index (χ3v) is 6.31. The minimum Gasteiger partial charge on any atom is -0.478 e. The number of aliphatic imine (C=N–C) groups is 2. The normalized spacial score (nSPS) is 18.9. The molecule has 5 rings (SSSR count). The van der Waals surface area contributed by atoms with Crippen LogP contribution < -0.4 is 10.1 Å². The van der Waals surface area contributed by atoms with E-state index < -0.39 is 12.1 Å². The molecule has 0 spiro atoms. The molecular formula is C26H19Cl2N3O3. The third kappa shape index (κ3) is 4.30. The van der Waals surface area contributed by atoms with Crippen LogP contribution in [0.25, 0.3) is 11.1 Å². The van der Waals surface area contributed by atoms with Crippen LogP contribution in [0.3, 0.4) is 0 Å². The molecule has 0 fully saturated rings. The number of fused-ring (bicyclic) bond motifs is 1. The van der Waals surface area contributed by atoms with Crippen LogP contribution >= 0.6 is 23.2 Å². The van der Waals surface area contributed by atoms with E-state index in [2.05, 4.69) is 10.3 Å². The summed E-state index contributed by atoms with van der Waals surface area (Å²) in [6.45, 7) is 1.73. The van der Waals surface area contributed by atoms with E-state index in [1.54, 1.807) is 19.1 Å². The number of allylic oxidation sites excluding steroid dienone is 1. The first-order valence-corrected chi connectivity index (χ1v) is 11.3. The van der Waals surface area contributed by atoms with Crippen LogP contribution in [0, 0.1) is 6.92 Å². The van der Waals surface area contributed by atoms with Gasteiger partial charge < -0.3 is 15.2 Å². The van der Waals surface area contributed by atoms with E-state index in [0.717, 1.165) is 16.7 Å². The second-order valence-electron chi connectivity index (χ2n) is 7.95. The fraction of sp³-hybridized carbons (Fsp3) is 0.115. The molecule has 0 bridgehead atoms. The molecule has 0 aliphatic carbocycles. The second-order valence-corrected chi connectivity index (χ2v) is 8.77. The largest absolute Gasteiger partial charge is 0.478 e. The standard InChI is InChI=1S/C26H19Cl2N3O3/c1-14-6-11-17(12-19(14)25(32)33)34-26-29-22-13-21(28)23(30-24(22)31-26)16-9-7-15(8-10-16)18-4-2-3-5-20(18)27/h2-13,22,24H,1H3,(H,29,31)(H,32,33). The van der Waals surface area contributed by atoms with Gasteiger partial charge in [0.05, 0.1) is 22.3 Å². The molecule has 2 heterocycles. The number of halogens is 2. The Labute approximate surface area is 206 Å². The highest BCUT2D eigenvalue weighted by Gasteiger charge is 2.33. The number of dihydropyridines is 1. The fourth-order valence-electron chi connectivity index (χ4n) is 3.90. The van der Waals surface area contributed by atoms with Crippen molar-refractivity contribution in [2.24, 2.45) is 9.98 Å². The number of nitrogens with zero attached hydrogens (tertiary/aromatic N) is 2. The van der Waals surface area contributed by atoms with Gasteiger partial charge in [-0.25, -0.2) is 9.79 Å². The average molecular weight is 492 g/mol. The Hall–Kier alpha value is -3.61. The molecule has 2 N–H and O–H groups in total. The molecular weight excluding hydrogens is 473 g/mol. The van der Waals surface area contributed by atoms with Crippen LogP contribution in [-0.2, 0) is 0 Å². The maximum absolute atomic E-state index is 11.4. The van der Waals surface area contributed by atoms with Crippen LogP contribution in [-0.4, -0.2) is 35.0 Å². The number of ether oxygens (including phenoxy) is 1. The minimum absolute atomic E-state index is 0.178. The summed E-state index contributed by atoms with van der Waals surface area (Å²) in [6.07, 6.45) is 1.41. The SMILES string of the molecule is Cc1ccc(OC2=NC3N=C(c4ccc(-c5ccccc5Cl)cc4)C(Cl)=CC3N2)cc1C(=O)O. The molecule has 2 atom stereocenters. The summed E-state index contributed by atoms with van der Waals surface area (Å²) in [5.74, 6) is -0.634. The monoisotopic (exact) mass is 491 g/mol. The summed E-state index contributed by atoms with van der Waals surface area (Å²) in [7, 11) is 0. The molecule has 2 aliphatic heterocycles. The molecule has 0 aromatic heterocycles. The van der Waals surface area contributed by atoms with Gasteiger partial charge in [0.1, 0.15) is 5.75 Å². The summed E-state index contributed by atoms with van der Waals surface area (Å²) in [5, 5.41) is 13.7. The van der Waals surface area contributed by atoms with Crippen LogP contribution in [0.15, 0.2) is 87.8 Å². The molecule has 0 radical (unpaired) electrons. The van der Waals surface area contributed by atoms with Crippen LogP contribution in [0.5, 0.6) is 5.75 Å². The number of carbonyl (C=O) groups is 1. The highest BCUT2D eigenvalue weighted by atomic mass is 35.5. The van der Waals surface area contributed by atoms with Gasteiger partial charge in [0.2, 0.25) is 0 Å². The lowest BCUT2D eigenvalue weighted by atomic mass is 10.00. The molecule has 3 aromatic carbocycles. The molecule has 0 amide bonds. The van der Waals surface area contributed by atoms with Gasteiger partial charge in [-0.1, -0.05) is 71.7 Å². The van der Waals surface area contributed by atoms with Gasteiger partial charge >= 0.3 is 5.97 Å². The molecule has 0 saturated carbocycles.